The predicted molar refractivity (Wildman–Crippen MR) is 104 cm³/mol. The van der Waals surface area contributed by atoms with Crippen molar-refractivity contribution in [1.29, 1.82) is 0 Å². The average Bonchev–Trinajstić information content (AvgIpc) is 3.30. The molecule has 0 spiro atoms. The first-order valence-electron chi connectivity index (χ1n) is 9.19. The number of tetrazole rings is 1. The molecule has 1 amide bonds. The lowest BCUT2D eigenvalue weighted by Gasteiger charge is -2.33. The van der Waals surface area contributed by atoms with Crippen LogP contribution in [0.1, 0.15) is 11.6 Å². The number of amides is 1. The number of hydrogen-bond acceptors (Lipinski definition) is 8. The number of carbonyl (C=O) groups is 1. The molecule has 1 aliphatic rings. The Bertz CT molecular complexity index is 944. The average molecular weight is 395 g/mol. The number of pyridine rings is 1. The van der Waals surface area contributed by atoms with E-state index in [0.717, 1.165) is 5.56 Å². The molecule has 1 fully saturated rings. The minimum Gasteiger partial charge on any atom is -0.497 e. The first kappa shape index (κ1) is 19.0. The summed E-state index contributed by atoms with van der Waals surface area (Å²) in [4.78, 5) is 19.6. The second-order valence-electron chi connectivity index (χ2n) is 6.50. The highest BCUT2D eigenvalue weighted by Crippen LogP contribution is 2.26. The summed E-state index contributed by atoms with van der Waals surface area (Å²) in [7, 11) is 1.57. The summed E-state index contributed by atoms with van der Waals surface area (Å²) in [5.41, 5.74) is 2.09. The highest BCUT2D eigenvalue weighted by atomic mass is 16.5. The van der Waals surface area contributed by atoms with Crippen molar-refractivity contribution in [2.24, 2.45) is 0 Å². The number of methoxy groups -OCH3 is 1. The van der Waals surface area contributed by atoms with Crippen LogP contribution < -0.4 is 10.1 Å². The van der Waals surface area contributed by atoms with E-state index in [1.165, 1.54) is 11.0 Å². The number of rotatable bonds is 6. The SMILES string of the molecule is COc1cc(NC(=O)C(c2cccnc2)N2CCOCC2)cc(-n2cnnn2)c1. The van der Waals surface area contributed by atoms with Crippen molar-refractivity contribution in [3.63, 3.8) is 0 Å². The van der Waals surface area contributed by atoms with Crippen molar-refractivity contribution in [3.8, 4) is 11.4 Å². The molecule has 0 bridgehead atoms. The van der Waals surface area contributed by atoms with Gasteiger partial charge in [0.15, 0.2) is 0 Å². The number of hydrogen-bond donors (Lipinski definition) is 1. The zero-order valence-corrected chi connectivity index (χ0v) is 15.9. The second kappa shape index (κ2) is 8.76. The Morgan fingerprint density at radius 2 is 2.14 bits per heavy atom. The van der Waals surface area contributed by atoms with Crippen LogP contribution in [0.25, 0.3) is 5.69 Å². The van der Waals surface area contributed by atoms with Gasteiger partial charge in [-0.05, 0) is 28.1 Å². The first-order chi connectivity index (χ1) is 14.2. The summed E-state index contributed by atoms with van der Waals surface area (Å²) in [6.07, 6.45) is 4.89. The number of aromatic nitrogens is 5. The molecule has 1 saturated heterocycles. The van der Waals surface area contributed by atoms with Crippen LogP contribution >= 0.6 is 0 Å². The summed E-state index contributed by atoms with van der Waals surface area (Å²) in [6.45, 7) is 2.52. The summed E-state index contributed by atoms with van der Waals surface area (Å²) in [5, 5.41) is 14.2. The van der Waals surface area contributed by atoms with Crippen LogP contribution in [0.4, 0.5) is 5.69 Å². The lowest BCUT2D eigenvalue weighted by molar-refractivity contribution is -0.123. The van der Waals surface area contributed by atoms with E-state index in [0.29, 0.717) is 43.4 Å². The highest BCUT2D eigenvalue weighted by Gasteiger charge is 2.29. The third-order valence-electron chi connectivity index (χ3n) is 4.67. The minimum atomic E-state index is -0.477. The van der Waals surface area contributed by atoms with Crippen LogP contribution in [-0.4, -0.2) is 69.4 Å². The smallest absolute Gasteiger partial charge is 0.246 e. The third kappa shape index (κ3) is 4.39. The van der Waals surface area contributed by atoms with Gasteiger partial charge in [0.2, 0.25) is 5.91 Å². The molecule has 1 N–H and O–H groups in total. The number of morpholine rings is 1. The third-order valence-corrected chi connectivity index (χ3v) is 4.67. The van der Waals surface area contributed by atoms with E-state index >= 15 is 0 Å². The van der Waals surface area contributed by atoms with Gasteiger partial charge in [0, 0.05) is 43.3 Å². The maximum absolute atomic E-state index is 13.3. The van der Waals surface area contributed by atoms with Gasteiger partial charge in [-0.15, -0.1) is 5.10 Å². The Labute approximate surface area is 167 Å². The predicted octanol–water partition coefficient (Wildman–Crippen LogP) is 1.08. The van der Waals surface area contributed by atoms with Crippen molar-refractivity contribution in [1.82, 2.24) is 30.1 Å². The van der Waals surface area contributed by atoms with Gasteiger partial charge in [0.1, 0.15) is 18.1 Å². The Kier molecular flexibility index (Phi) is 5.73. The number of benzene rings is 1. The van der Waals surface area contributed by atoms with Crippen molar-refractivity contribution in [2.45, 2.75) is 6.04 Å². The molecule has 4 rings (SSSR count). The van der Waals surface area contributed by atoms with Crippen LogP contribution in [0.5, 0.6) is 5.75 Å². The lowest BCUT2D eigenvalue weighted by Crippen LogP contribution is -2.43. The van der Waals surface area contributed by atoms with Crippen molar-refractivity contribution >= 4 is 11.6 Å². The number of carbonyl (C=O) groups excluding carboxylic acids is 1. The molecule has 150 valence electrons. The Balaban J connectivity index is 1.62. The van der Waals surface area contributed by atoms with Crippen LogP contribution in [-0.2, 0) is 9.53 Å². The molecule has 29 heavy (non-hydrogen) atoms. The molecule has 1 atom stereocenters. The zero-order chi connectivity index (χ0) is 20.1. The van der Waals surface area contributed by atoms with Crippen molar-refractivity contribution < 1.29 is 14.3 Å². The fraction of sp³-hybridized carbons (Fsp3) is 0.316. The number of anilines is 1. The quantitative estimate of drug-likeness (QED) is 0.661. The molecule has 0 aliphatic carbocycles. The van der Waals surface area contributed by atoms with Crippen LogP contribution in [0.2, 0.25) is 0 Å². The molecule has 0 radical (unpaired) electrons. The van der Waals surface area contributed by atoms with Crippen molar-refractivity contribution in [2.75, 3.05) is 38.7 Å². The summed E-state index contributed by atoms with van der Waals surface area (Å²) in [5.74, 6) is 0.424. The molecule has 1 aliphatic heterocycles. The number of nitrogens with one attached hydrogen (secondary N) is 1. The second-order valence-corrected chi connectivity index (χ2v) is 6.50. The summed E-state index contributed by atoms with van der Waals surface area (Å²) in [6, 6.07) is 8.59. The first-order valence-corrected chi connectivity index (χ1v) is 9.19. The standard InChI is InChI=1S/C19H21N7O3/c1-28-17-10-15(9-16(11-17)26-13-21-23-24-26)22-19(27)18(14-3-2-4-20-12-14)25-5-7-29-8-6-25/h2-4,9-13,18H,5-8H2,1H3,(H,22,27). The normalized spacial score (nSPS) is 15.6. The van der Waals surface area contributed by atoms with Gasteiger partial charge in [-0.2, -0.15) is 0 Å². The molecule has 10 nitrogen and oxygen atoms in total. The molecule has 3 heterocycles. The van der Waals surface area contributed by atoms with Gasteiger partial charge in [0.05, 0.1) is 26.0 Å². The van der Waals surface area contributed by atoms with E-state index in [-0.39, 0.29) is 5.91 Å². The van der Waals surface area contributed by atoms with Crippen LogP contribution in [0.3, 0.4) is 0 Å². The molecule has 1 aromatic carbocycles. The highest BCUT2D eigenvalue weighted by molar-refractivity contribution is 5.96. The maximum atomic E-state index is 13.3. The summed E-state index contributed by atoms with van der Waals surface area (Å²) < 4.78 is 12.3. The molecular formula is C19H21N7O3. The van der Waals surface area contributed by atoms with E-state index < -0.39 is 6.04 Å². The number of ether oxygens (including phenoxy) is 2. The Morgan fingerprint density at radius 3 is 2.83 bits per heavy atom. The molecule has 3 aromatic rings. The lowest BCUT2D eigenvalue weighted by atomic mass is 10.1. The van der Waals surface area contributed by atoms with E-state index in [4.69, 9.17) is 9.47 Å². The fourth-order valence-electron chi connectivity index (χ4n) is 3.30. The van der Waals surface area contributed by atoms with Crippen molar-refractivity contribution in [3.05, 3.63) is 54.6 Å². The Morgan fingerprint density at radius 1 is 1.28 bits per heavy atom. The molecule has 2 aromatic heterocycles. The largest absolute Gasteiger partial charge is 0.497 e. The summed E-state index contributed by atoms with van der Waals surface area (Å²) >= 11 is 0. The molecule has 10 heteroatoms. The maximum Gasteiger partial charge on any atom is 0.246 e. The minimum absolute atomic E-state index is 0.157. The van der Waals surface area contributed by atoms with E-state index in [2.05, 4.69) is 30.7 Å². The number of nitrogens with zero attached hydrogens (tertiary/aromatic N) is 6. The molecule has 0 saturated carbocycles. The van der Waals surface area contributed by atoms with Gasteiger partial charge in [-0.25, -0.2) is 4.68 Å². The fourth-order valence-corrected chi connectivity index (χ4v) is 3.30. The zero-order valence-electron chi connectivity index (χ0n) is 15.9. The van der Waals surface area contributed by atoms with Gasteiger partial charge in [-0.3, -0.25) is 14.7 Å². The molecular weight excluding hydrogens is 374 g/mol. The van der Waals surface area contributed by atoms with E-state index in [1.807, 2.05) is 12.1 Å². The van der Waals surface area contributed by atoms with Crippen LogP contribution in [0, 0.1) is 0 Å². The van der Waals surface area contributed by atoms with Gasteiger partial charge < -0.3 is 14.8 Å². The van der Waals surface area contributed by atoms with Gasteiger partial charge in [-0.1, -0.05) is 6.07 Å². The van der Waals surface area contributed by atoms with Crippen LogP contribution in [0.15, 0.2) is 49.1 Å². The van der Waals surface area contributed by atoms with Gasteiger partial charge in [0.25, 0.3) is 0 Å². The topological polar surface area (TPSA) is 107 Å². The van der Waals surface area contributed by atoms with E-state index in [9.17, 15) is 4.79 Å². The monoisotopic (exact) mass is 395 g/mol. The molecule has 1 unspecified atom stereocenters. The Hall–Kier alpha value is -3.37. The van der Waals surface area contributed by atoms with Gasteiger partial charge >= 0.3 is 0 Å². The van der Waals surface area contributed by atoms with E-state index in [1.54, 1.807) is 37.7 Å².